The van der Waals surface area contributed by atoms with Gasteiger partial charge in [-0.05, 0) is 6.42 Å². The number of hydrogen-bond acceptors (Lipinski definition) is 5. The molecule has 2 rings (SSSR count). The summed E-state index contributed by atoms with van der Waals surface area (Å²) in [6.07, 6.45) is 5.03. The predicted octanol–water partition coefficient (Wildman–Crippen LogP) is 1.59. The van der Waals surface area contributed by atoms with Crippen LogP contribution in [-0.2, 0) is 11.3 Å². The lowest BCUT2D eigenvalue weighted by molar-refractivity contribution is 0.0381. The molecule has 5 nitrogen and oxygen atoms in total. The Hall–Kier alpha value is -1.20. The first kappa shape index (κ1) is 14.2. The maximum Gasteiger partial charge on any atom is 0.147 e. The van der Waals surface area contributed by atoms with Gasteiger partial charge in [0, 0.05) is 31.9 Å². The Kier molecular flexibility index (Phi) is 5.10. The lowest BCUT2D eigenvalue weighted by atomic mass is 10.2. The van der Waals surface area contributed by atoms with Gasteiger partial charge >= 0.3 is 0 Å². The molecule has 0 amide bonds. The molecule has 0 aliphatic carbocycles. The van der Waals surface area contributed by atoms with Crippen molar-refractivity contribution in [2.24, 2.45) is 0 Å². The largest absolute Gasteiger partial charge is 0.375 e. The van der Waals surface area contributed by atoms with Crippen LogP contribution in [0.1, 0.15) is 32.9 Å². The molecule has 1 aromatic heterocycles. The highest BCUT2D eigenvalue weighted by Crippen LogP contribution is 2.16. The maximum atomic E-state index is 5.69. The third-order valence-electron chi connectivity index (χ3n) is 3.28. The summed E-state index contributed by atoms with van der Waals surface area (Å²) in [5.41, 5.74) is 0.991. The van der Waals surface area contributed by atoms with Crippen molar-refractivity contribution in [2.75, 3.05) is 24.6 Å². The highest BCUT2D eigenvalue weighted by molar-refractivity contribution is 5.37. The van der Waals surface area contributed by atoms with Crippen LogP contribution in [0.4, 0.5) is 5.82 Å². The van der Waals surface area contributed by atoms with Crippen LogP contribution in [-0.4, -0.2) is 41.8 Å². The summed E-state index contributed by atoms with van der Waals surface area (Å²) in [5.74, 6) is 0.963. The first-order chi connectivity index (χ1) is 9.19. The zero-order valence-corrected chi connectivity index (χ0v) is 12.1. The van der Waals surface area contributed by atoms with Gasteiger partial charge in [0.05, 0.1) is 24.6 Å². The van der Waals surface area contributed by atoms with E-state index in [1.165, 1.54) is 0 Å². The molecule has 1 aliphatic heterocycles. The normalized spacial score (nSPS) is 20.0. The second kappa shape index (κ2) is 6.82. The average Bonchev–Trinajstić information content (AvgIpc) is 2.45. The number of ether oxygens (including phenoxy) is 1. The summed E-state index contributed by atoms with van der Waals surface area (Å²) in [6.45, 7) is 9.76. The smallest absolute Gasteiger partial charge is 0.147 e. The van der Waals surface area contributed by atoms with Crippen LogP contribution >= 0.6 is 0 Å². The Morgan fingerprint density at radius 2 is 2.32 bits per heavy atom. The molecule has 2 heterocycles. The van der Waals surface area contributed by atoms with E-state index in [0.717, 1.165) is 44.2 Å². The van der Waals surface area contributed by atoms with Gasteiger partial charge in [0.2, 0.25) is 0 Å². The van der Waals surface area contributed by atoms with Gasteiger partial charge in [0.1, 0.15) is 5.82 Å². The van der Waals surface area contributed by atoms with Crippen molar-refractivity contribution in [3.05, 3.63) is 18.1 Å². The Morgan fingerprint density at radius 1 is 1.47 bits per heavy atom. The minimum absolute atomic E-state index is 0.313. The number of nitrogens with one attached hydrogen (secondary N) is 1. The molecular weight excluding hydrogens is 240 g/mol. The van der Waals surface area contributed by atoms with Gasteiger partial charge < -0.3 is 15.0 Å². The molecule has 1 aliphatic rings. The van der Waals surface area contributed by atoms with E-state index in [9.17, 15) is 0 Å². The first-order valence-corrected chi connectivity index (χ1v) is 7.10. The van der Waals surface area contributed by atoms with Crippen molar-refractivity contribution in [1.82, 2.24) is 15.3 Å². The lowest BCUT2D eigenvalue weighted by Crippen LogP contribution is -2.42. The van der Waals surface area contributed by atoms with Crippen LogP contribution in [0.3, 0.4) is 0 Å². The Morgan fingerprint density at radius 3 is 3.05 bits per heavy atom. The third-order valence-corrected chi connectivity index (χ3v) is 3.28. The summed E-state index contributed by atoms with van der Waals surface area (Å²) in [6, 6.07) is 0.457. The number of anilines is 1. The van der Waals surface area contributed by atoms with Gasteiger partial charge in [0.15, 0.2) is 0 Å². The molecule has 1 N–H and O–H groups in total. The van der Waals surface area contributed by atoms with Gasteiger partial charge in [-0.25, -0.2) is 4.98 Å². The van der Waals surface area contributed by atoms with E-state index >= 15 is 0 Å². The fourth-order valence-corrected chi connectivity index (χ4v) is 2.12. The molecule has 1 aromatic rings. The highest BCUT2D eigenvalue weighted by Gasteiger charge is 2.20. The summed E-state index contributed by atoms with van der Waals surface area (Å²) >= 11 is 0. The molecule has 0 saturated carbocycles. The van der Waals surface area contributed by atoms with Crippen LogP contribution in [0.2, 0.25) is 0 Å². The number of rotatable bonds is 5. The average molecular weight is 264 g/mol. The number of morpholine rings is 1. The molecule has 19 heavy (non-hydrogen) atoms. The third kappa shape index (κ3) is 4.14. The van der Waals surface area contributed by atoms with Crippen LogP contribution in [0.15, 0.2) is 12.4 Å². The quantitative estimate of drug-likeness (QED) is 0.875. The van der Waals surface area contributed by atoms with Crippen molar-refractivity contribution in [2.45, 2.75) is 45.9 Å². The molecule has 1 unspecified atom stereocenters. The van der Waals surface area contributed by atoms with Crippen molar-refractivity contribution in [3.63, 3.8) is 0 Å². The Balaban J connectivity index is 2.01. The molecule has 0 radical (unpaired) electrons. The molecular formula is C14H24N4O. The molecule has 0 aromatic carbocycles. The summed E-state index contributed by atoms with van der Waals surface area (Å²) in [4.78, 5) is 11.3. The van der Waals surface area contributed by atoms with Crippen LogP contribution < -0.4 is 10.2 Å². The minimum Gasteiger partial charge on any atom is -0.375 e. The lowest BCUT2D eigenvalue weighted by Gasteiger charge is -2.33. The van der Waals surface area contributed by atoms with E-state index in [2.05, 4.69) is 41.0 Å². The van der Waals surface area contributed by atoms with Crippen molar-refractivity contribution in [1.29, 1.82) is 0 Å². The first-order valence-electron chi connectivity index (χ1n) is 7.10. The van der Waals surface area contributed by atoms with E-state index in [0.29, 0.717) is 12.1 Å². The number of nitrogens with zero attached hydrogens (tertiary/aromatic N) is 3. The summed E-state index contributed by atoms with van der Waals surface area (Å²) in [7, 11) is 0. The molecule has 106 valence electrons. The Bertz CT molecular complexity index is 397. The topological polar surface area (TPSA) is 50.3 Å². The fourth-order valence-electron chi connectivity index (χ4n) is 2.12. The van der Waals surface area contributed by atoms with Crippen LogP contribution in [0.25, 0.3) is 0 Å². The van der Waals surface area contributed by atoms with Gasteiger partial charge in [-0.1, -0.05) is 20.8 Å². The van der Waals surface area contributed by atoms with E-state index in [-0.39, 0.29) is 0 Å². The molecule has 1 saturated heterocycles. The summed E-state index contributed by atoms with van der Waals surface area (Å²) in [5, 5.41) is 3.37. The van der Waals surface area contributed by atoms with Crippen molar-refractivity contribution >= 4 is 5.82 Å². The molecule has 0 bridgehead atoms. The second-order valence-electron chi connectivity index (χ2n) is 5.25. The maximum absolute atomic E-state index is 5.69. The van der Waals surface area contributed by atoms with Crippen LogP contribution in [0, 0.1) is 0 Å². The molecule has 1 atom stereocenters. The van der Waals surface area contributed by atoms with Gasteiger partial charge in [-0.15, -0.1) is 0 Å². The molecule has 0 spiro atoms. The van der Waals surface area contributed by atoms with Gasteiger partial charge in [-0.3, -0.25) is 4.98 Å². The SMILES string of the molecule is CCC1CN(c2cncc(CNC(C)C)n2)CCO1. The van der Waals surface area contributed by atoms with Gasteiger partial charge in [0.25, 0.3) is 0 Å². The standard InChI is InChI=1S/C14H24N4O/c1-4-13-10-18(5-6-19-13)14-9-15-7-12(17-14)8-16-11(2)3/h7,9,11,13,16H,4-6,8,10H2,1-3H3. The predicted molar refractivity (Wildman–Crippen MR) is 76.3 cm³/mol. The van der Waals surface area contributed by atoms with Gasteiger partial charge in [-0.2, -0.15) is 0 Å². The molecule has 5 heteroatoms. The number of hydrogen-bond donors (Lipinski definition) is 1. The van der Waals surface area contributed by atoms with Crippen molar-refractivity contribution < 1.29 is 4.74 Å². The number of aromatic nitrogens is 2. The van der Waals surface area contributed by atoms with Crippen molar-refractivity contribution in [3.8, 4) is 0 Å². The summed E-state index contributed by atoms with van der Waals surface area (Å²) < 4.78 is 5.69. The zero-order chi connectivity index (χ0) is 13.7. The second-order valence-corrected chi connectivity index (χ2v) is 5.25. The van der Waals surface area contributed by atoms with E-state index in [1.54, 1.807) is 0 Å². The Labute approximate surface area is 115 Å². The molecule has 1 fully saturated rings. The fraction of sp³-hybridized carbons (Fsp3) is 0.714. The highest BCUT2D eigenvalue weighted by atomic mass is 16.5. The van der Waals surface area contributed by atoms with E-state index in [4.69, 9.17) is 4.74 Å². The minimum atomic E-state index is 0.313. The van der Waals surface area contributed by atoms with Crippen LogP contribution in [0.5, 0.6) is 0 Å². The monoisotopic (exact) mass is 264 g/mol. The van der Waals surface area contributed by atoms with E-state index < -0.39 is 0 Å². The zero-order valence-electron chi connectivity index (χ0n) is 12.1. The van der Waals surface area contributed by atoms with E-state index in [1.807, 2.05) is 12.4 Å².